The van der Waals surface area contributed by atoms with Crippen LogP contribution >= 0.6 is 11.6 Å². The van der Waals surface area contributed by atoms with Gasteiger partial charge in [0.2, 0.25) is 0 Å². The quantitative estimate of drug-likeness (QED) is 0.634. The molecule has 0 spiro atoms. The van der Waals surface area contributed by atoms with Crippen LogP contribution in [-0.2, 0) is 6.18 Å². The summed E-state index contributed by atoms with van der Waals surface area (Å²) >= 11 is 6.07. The highest BCUT2D eigenvalue weighted by atomic mass is 35.5. The molecule has 0 saturated heterocycles. The molecule has 0 radical (unpaired) electrons. The summed E-state index contributed by atoms with van der Waals surface area (Å²) in [4.78, 5) is 8.34. The zero-order valence-electron chi connectivity index (χ0n) is 10.5. The fourth-order valence-corrected chi connectivity index (χ4v) is 2.23. The lowest BCUT2D eigenvalue weighted by molar-refractivity contribution is -0.137. The Kier molecular flexibility index (Phi) is 3.29. The van der Waals surface area contributed by atoms with Crippen molar-refractivity contribution in [3.63, 3.8) is 0 Å². The molecular formula is C15H8ClF3N2. The van der Waals surface area contributed by atoms with Crippen molar-refractivity contribution in [2.75, 3.05) is 0 Å². The number of hydrogen-bond donors (Lipinski definition) is 0. The van der Waals surface area contributed by atoms with Gasteiger partial charge in [-0.1, -0.05) is 41.9 Å². The number of halogens is 4. The minimum absolute atomic E-state index is 0.160. The molecule has 3 aromatic rings. The second kappa shape index (κ2) is 5.00. The van der Waals surface area contributed by atoms with E-state index in [1.165, 1.54) is 6.07 Å². The van der Waals surface area contributed by atoms with Crippen LogP contribution in [0.2, 0.25) is 5.15 Å². The first-order valence-electron chi connectivity index (χ1n) is 6.05. The van der Waals surface area contributed by atoms with Crippen molar-refractivity contribution in [1.29, 1.82) is 0 Å². The molecule has 0 aliphatic heterocycles. The number of benzene rings is 2. The molecule has 2 aromatic carbocycles. The van der Waals surface area contributed by atoms with Gasteiger partial charge in [-0.2, -0.15) is 13.2 Å². The second-order valence-corrected chi connectivity index (χ2v) is 4.79. The van der Waals surface area contributed by atoms with Crippen molar-refractivity contribution in [2.24, 2.45) is 0 Å². The molecule has 1 heterocycles. The Morgan fingerprint density at radius 1 is 0.857 bits per heavy atom. The van der Waals surface area contributed by atoms with Gasteiger partial charge < -0.3 is 0 Å². The van der Waals surface area contributed by atoms with Gasteiger partial charge in [-0.25, -0.2) is 9.97 Å². The zero-order chi connectivity index (χ0) is 15.0. The molecule has 0 unspecified atom stereocenters. The van der Waals surface area contributed by atoms with Crippen LogP contribution in [0.3, 0.4) is 0 Å². The molecule has 21 heavy (non-hydrogen) atoms. The van der Waals surface area contributed by atoms with Crippen LogP contribution in [0.1, 0.15) is 5.56 Å². The van der Waals surface area contributed by atoms with Crippen molar-refractivity contribution < 1.29 is 13.2 Å². The van der Waals surface area contributed by atoms with E-state index in [-0.39, 0.29) is 10.7 Å². The summed E-state index contributed by atoms with van der Waals surface area (Å²) in [6.07, 6.45) is -4.41. The second-order valence-electron chi connectivity index (χ2n) is 4.43. The van der Waals surface area contributed by atoms with Crippen molar-refractivity contribution in [3.8, 4) is 11.3 Å². The van der Waals surface area contributed by atoms with Crippen molar-refractivity contribution in [1.82, 2.24) is 9.97 Å². The molecular weight excluding hydrogens is 301 g/mol. The summed E-state index contributed by atoms with van der Waals surface area (Å²) in [6, 6.07) is 12.2. The van der Waals surface area contributed by atoms with Gasteiger partial charge in [0.05, 0.1) is 16.6 Å². The van der Waals surface area contributed by atoms with E-state index < -0.39 is 11.7 Å². The minimum Gasteiger partial charge on any atom is -0.243 e. The van der Waals surface area contributed by atoms with Gasteiger partial charge in [0.15, 0.2) is 5.15 Å². The lowest BCUT2D eigenvalue weighted by atomic mass is 10.1. The minimum atomic E-state index is -4.41. The normalized spacial score (nSPS) is 11.8. The predicted molar refractivity (Wildman–Crippen MR) is 75.0 cm³/mol. The first-order valence-corrected chi connectivity index (χ1v) is 6.43. The SMILES string of the molecule is FC(F)(F)c1ccc2nc(Cl)c(-c3ccccc3)nc2c1. The molecule has 3 rings (SSSR count). The standard InChI is InChI=1S/C15H8ClF3N2/c16-14-13(9-4-2-1-3-5-9)20-12-8-10(15(17,18)19)6-7-11(12)21-14/h1-8H. The fourth-order valence-electron chi connectivity index (χ4n) is 1.99. The van der Waals surface area contributed by atoms with E-state index in [1.54, 1.807) is 24.3 Å². The molecule has 2 nitrogen and oxygen atoms in total. The highest BCUT2D eigenvalue weighted by Gasteiger charge is 2.30. The van der Waals surface area contributed by atoms with E-state index in [0.29, 0.717) is 16.8 Å². The van der Waals surface area contributed by atoms with Gasteiger partial charge in [-0.05, 0) is 18.2 Å². The average molecular weight is 309 g/mol. The molecule has 6 heteroatoms. The summed E-state index contributed by atoms with van der Waals surface area (Å²) in [6.45, 7) is 0. The third kappa shape index (κ3) is 2.69. The summed E-state index contributed by atoms with van der Waals surface area (Å²) in [7, 11) is 0. The van der Waals surface area contributed by atoms with E-state index in [2.05, 4.69) is 9.97 Å². The molecule has 1 aromatic heterocycles. The maximum atomic E-state index is 12.7. The molecule has 0 saturated carbocycles. The molecule has 0 amide bonds. The van der Waals surface area contributed by atoms with Crippen LogP contribution < -0.4 is 0 Å². The number of nitrogens with zero attached hydrogens (tertiary/aromatic N) is 2. The van der Waals surface area contributed by atoms with Gasteiger partial charge in [-0.15, -0.1) is 0 Å². The molecule has 0 aliphatic rings. The van der Waals surface area contributed by atoms with Crippen LogP contribution in [0.5, 0.6) is 0 Å². The maximum absolute atomic E-state index is 12.7. The van der Waals surface area contributed by atoms with Gasteiger partial charge in [0.1, 0.15) is 5.69 Å². The van der Waals surface area contributed by atoms with Crippen LogP contribution in [0.4, 0.5) is 13.2 Å². The zero-order valence-corrected chi connectivity index (χ0v) is 11.3. The molecule has 0 N–H and O–H groups in total. The Balaban J connectivity index is 2.21. The summed E-state index contributed by atoms with van der Waals surface area (Å²) in [5, 5.41) is 0.161. The summed E-state index contributed by atoms with van der Waals surface area (Å²) < 4.78 is 38.2. The highest BCUT2D eigenvalue weighted by Crippen LogP contribution is 2.32. The Hall–Kier alpha value is -2.14. The lowest BCUT2D eigenvalue weighted by Crippen LogP contribution is -2.05. The average Bonchev–Trinajstić information content (AvgIpc) is 2.46. The first kappa shape index (κ1) is 13.8. The number of rotatable bonds is 1. The van der Waals surface area contributed by atoms with E-state index >= 15 is 0 Å². The maximum Gasteiger partial charge on any atom is 0.416 e. The van der Waals surface area contributed by atoms with Crippen LogP contribution in [0.15, 0.2) is 48.5 Å². The largest absolute Gasteiger partial charge is 0.416 e. The predicted octanol–water partition coefficient (Wildman–Crippen LogP) is 4.97. The van der Waals surface area contributed by atoms with Gasteiger partial charge in [0, 0.05) is 5.56 Å². The van der Waals surface area contributed by atoms with Crippen molar-refractivity contribution in [2.45, 2.75) is 6.18 Å². The number of fused-ring (bicyclic) bond motifs is 1. The third-order valence-corrected chi connectivity index (χ3v) is 3.26. The van der Waals surface area contributed by atoms with Crippen LogP contribution in [0, 0.1) is 0 Å². The third-order valence-electron chi connectivity index (χ3n) is 3.00. The Morgan fingerprint density at radius 2 is 1.57 bits per heavy atom. The number of hydrogen-bond acceptors (Lipinski definition) is 2. The summed E-state index contributed by atoms with van der Waals surface area (Å²) in [5.41, 5.74) is 0.796. The van der Waals surface area contributed by atoms with Crippen LogP contribution in [-0.4, -0.2) is 9.97 Å². The van der Waals surface area contributed by atoms with Crippen LogP contribution in [0.25, 0.3) is 22.3 Å². The van der Waals surface area contributed by atoms with Crippen molar-refractivity contribution in [3.05, 3.63) is 59.2 Å². The van der Waals surface area contributed by atoms with E-state index in [1.807, 2.05) is 6.07 Å². The first-order chi connectivity index (χ1) is 9.95. The lowest BCUT2D eigenvalue weighted by Gasteiger charge is -2.09. The molecule has 0 bridgehead atoms. The monoisotopic (exact) mass is 308 g/mol. The molecule has 106 valence electrons. The van der Waals surface area contributed by atoms with E-state index in [4.69, 9.17) is 11.6 Å². The van der Waals surface area contributed by atoms with Gasteiger partial charge >= 0.3 is 6.18 Å². The molecule has 0 fully saturated rings. The van der Waals surface area contributed by atoms with E-state index in [9.17, 15) is 13.2 Å². The topological polar surface area (TPSA) is 25.8 Å². The molecule has 0 atom stereocenters. The highest BCUT2D eigenvalue weighted by molar-refractivity contribution is 6.32. The number of alkyl halides is 3. The fraction of sp³-hybridized carbons (Fsp3) is 0.0667. The number of aromatic nitrogens is 2. The van der Waals surface area contributed by atoms with Gasteiger partial charge in [0.25, 0.3) is 0 Å². The van der Waals surface area contributed by atoms with E-state index in [0.717, 1.165) is 12.1 Å². The Bertz CT molecular complexity index is 801. The van der Waals surface area contributed by atoms with Crippen molar-refractivity contribution >= 4 is 22.6 Å². The summed E-state index contributed by atoms with van der Waals surface area (Å²) in [5.74, 6) is 0. The molecule has 0 aliphatic carbocycles. The Labute approximate surface area is 123 Å². The van der Waals surface area contributed by atoms with Gasteiger partial charge in [-0.3, -0.25) is 0 Å². The Morgan fingerprint density at radius 3 is 2.24 bits per heavy atom. The smallest absolute Gasteiger partial charge is 0.243 e.